The minimum absolute atomic E-state index is 0.0308. The number of benzene rings is 3. The van der Waals surface area contributed by atoms with Crippen LogP contribution in [0, 0.1) is 5.82 Å². The summed E-state index contributed by atoms with van der Waals surface area (Å²) in [5, 5.41) is 2.41. The minimum atomic E-state index is -0.840. The Balaban J connectivity index is 1.70. The quantitative estimate of drug-likeness (QED) is 0.223. The topological polar surface area (TPSA) is 64.6 Å². The summed E-state index contributed by atoms with van der Waals surface area (Å²) in [7, 11) is -0.512. The van der Waals surface area contributed by atoms with Gasteiger partial charge in [0, 0.05) is 11.6 Å². The fraction of sp³-hybridized carbons (Fsp3) is 0.120. The van der Waals surface area contributed by atoms with Gasteiger partial charge in [-0.1, -0.05) is 43.0 Å². The van der Waals surface area contributed by atoms with Gasteiger partial charge in [0.2, 0.25) is 0 Å². The lowest BCUT2D eigenvalue weighted by Gasteiger charge is -2.10. The Morgan fingerprint density at radius 2 is 1.53 bits per heavy atom. The van der Waals surface area contributed by atoms with E-state index in [1.165, 1.54) is 19.1 Å². The molecule has 0 saturated heterocycles. The smallest absolute Gasteiger partial charge is 0.412 e. The Kier molecular flexibility index (Phi) is 8.05. The van der Waals surface area contributed by atoms with Crippen molar-refractivity contribution in [2.24, 2.45) is 0 Å². The van der Waals surface area contributed by atoms with Gasteiger partial charge in [-0.25, -0.2) is 14.0 Å². The van der Waals surface area contributed by atoms with E-state index in [4.69, 9.17) is 9.47 Å². The van der Waals surface area contributed by atoms with Crippen LogP contribution in [0.1, 0.15) is 6.92 Å². The predicted molar refractivity (Wildman–Crippen MR) is 121 cm³/mol. The SMILES string of the molecule is C=C(C)C(=O)OCCNC(=O)Oc1ccc([S+](c2ccccc2)c2ccccc2)cc1F. The number of carbonyl (C=O) groups is 2. The first-order valence-corrected chi connectivity index (χ1v) is 11.1. The highest BCUT2D eigenvalue weighted by atomic mass is 32.2. The van der Waals surface area contributed by atoms with Gasteiger partial charge in [-0.3, -0.25) is 0 Å². The summed E-state index contributed by atoms with van der Waals surface area (Å²) in [5.41, 5.74) is 0.264. The molecular formula is C25H23FNO4S+. The van der Waals surface area contributed by atoms with Crippen molar-refractivity contribution in [3.63, 3.8) is 0 Å². The van der Waals surface area contributed by atoms with Crippen LogP contribution < -0.4 is 10.1 Å². The second-order valence-corrected chi connectivity index (χ2v) is 8.78. The number of halogens is 1. The number of carbonyl (C=O) groups excluding carboxylic acids is 2. The molecule has 0 heterocycles. The van der Waals surface area contributed by atoms with E-state index in [0.29, 0.717) is 0 Å². The van der Waals surface area contributed by atoms with Crippen LogP contribution in [-0.4, -0.2) is 25.2 Å². The molecule has 0 saturated carbocycles. The highest BCUT2D eigenvalue weighted by Gasteiger charge is 2.29. The van der Waals surface area contributed by atoms with E-state index in [0.717, 1.165) is 14.7 Å². The number of amides is 1. The predicted octanol–water partition coefficient (Wildman–Crippen LogP) is 5.13. The molecule has 3 aromatic carbocycles. The molecule has 0 unspecified atom stereocenters. The highest BCUT2D eigenvalue weighted by molar-refractivity contribution is 7.97. The van der Waals surface area contributed by atoms with Crippen molar-refractivity contribution in [3.05, 3.63) is 96.8 Å². The first-order chi connectivity index (χ1) is 15.5. The minimum Gasteiger partial charge on any atom is -0.460 e. The molecule has 0 aromatic heterocycles. The first kappa shape index (κ1) is 23.1. The van der Waals surface area contributed by atoms with Crippen molar-refractivity contribution >= 4 is 23.0 Å². The maximum absolute atomic E-state index is 14.8. The number of ether oxygens (including phenoxy) is 2. The van der Waals surface area contributed by atoms with Gasteiger partial charge < -0.3 is 14.8 Å². The maximum atomic E-state index is 14.8. The first-order valence-electron chi connectivity index (χ1n) is 9.88. The molecule has 0 fully saturated rings. The van der Waals surface area contributed by atoms with Crippen molar-refractivity contribution in [1.82, 2.24) is 5.32 Å². The molecule has 0 spiro atoms. The summed E-state index contributed by atoms with van der Waals surface area (Å²) in [6.45, 7) is 4.98. The van der Waals surface area contributed by atoms with Crippen molar-refractivity contribution < 1.29 is 23.5 Å². The Labute approximate surface area is 189 Å². The number of hydrogen-bond donors (Lipinski definition) is 1. The fourth-order valence-corrected chi connectivity index (χ4v) is 4.87. The molecular weight excluding hydrogens is 429 g/mol. The molecule has 5 nitrogen and oxygen atoms in total. The fourth-order valence-electron chi connectivity index (χ4n) is 2.77. The lowest BCUT2D eigenvalue weighted by molar-refractivity contribution is -0.138. The molecule has 0 radical (unpaired) electrons. The largest absolute Gasteiger partial charge is 0.460 e. The van der Waals surface area contributed by atoms with E-state index in [9.17, 15) is 14.0 Å². The van der Waals surface area contributed by atoms with Gasteiger partial charge in [0.05, 0.1) is 17.4 Å². The maximum Gasteiger partial charge on any atom is 0.412 e. The van der Waals surface area contributed by atoms with Crippen molar-refractivity contribution in [2.75, 3.05) is 13.2 Å². The number of hydrogen-bond acceptors (Lipinski definition) is 4. The zero-order chi connectivity index (χ0) is 22.9. The number of esters is 1. The van der Waals surface area contributed by atoms with Gasteiger partial charge in [-0.15, -0.1) is 0 Å². The average Bonchev–Trinajstić information content (AvgIpc) is 2.80. The van der Waals surface area contributed by atoms with Crippen LogP contribution in [0.25, 0.3) is 0 Å². The molecule has 1 N–H and O–H groups in total. The molecule has 0 aliphatic heterocycles. The third kappa shape index (κ3) is 6.21. The van der Waals surface area contributed by atoms with Gasteiger partial charge in [-0.05, 0) is 43.3 Å². The zero-order valence-electron chi connectivity index (χ0n) is 17.5. The van der Waals surface area contributed by atoms with E-state index >= 15 is 0 Å². The molecule has 1 amide bonds. The Hall–Kier alpha value is -3.58. The molecule has 32 heavy (non-hydrogen) atoms. The molecule has 0 atom stereocenters. The van der Waals surface area contributed by atoms with Crippen molar-refractivity contribution in [2.45, 2.75) is 21.6 Å². The third-order valence-electron chi connectivity index (χ3n) is 4.25. The average molecular weight is 453 g/mol. The Morgan fingerprint density at radius 3 is 2.06 bits per heavy atom. The van der Waals surface area contributed by atoms with Crippen LogP contribution in [-0.2, 0) is 20.4 Å². The van der Waals surface area contributed by atoms with Crippen LogP contribution in [0.15, 0.2) is 106 Å². The summed E-state index contributed by atoms with van der Waals surface area (Å²) in [6.07, 6.45) is -0.840. The van der Waals surface area contributed by atoms with Gasteiger partial charge in [0.1, 0.15) is 6.61 Å². The lowest BCUT2D eigenvalue weighted by Crippen LogP contribution is -2.30. The van der Waals surface area contributed by atoms with Crippen molar-refractivity contribution in [1.29, 1.82) is 0 Å². The molecule has 0 aliphatic carbocycles. The molecule has 164 valence electrons. The van der Waals surface area contributed by atoms with Crippen LogP contribution in [0.2, 0.25) is 0 Å². The van der Waals surface area contributed by atoms with Gasteiger partial charge in [0.25, 0.3) is 0 Å². The summed E-state index contributed by atoms with van der Waals surface area (Å²) < 4.78 is 24.7. The van der Waals surface area contributed by atoms with E-state index in [1.54, 1.807) is 6.07 Å². The van der Waals surface area contributed by atoms with Crippen LogP contribution in [0.5, 0.6) is 5.75 Å². The molecule has 7 heteroatoms. The molecule has 0 bridgehead atoms. The molecule has 0 aliphatic rings. The lowest BCUT2D eigenvalue weighted by atomic mass is 10.3. The van der Waals surface area contributed by atoms with Gasteiger partial charge in [-0.2, -0.15) is 0 Å². The zero-order valence-corrected chi connectivity index (χ0v) is 18.4. The third-order valence-corrected chi connectivity index (χ3v) is 6.47. The van der Waals surface area contributed by atoms with Crippen LogP contribution >= 0.6 is 0 Å². The Morgan fingerprint density at radius 1 is 0.938 bits per heavy atom. The number of rotatable bonds is 8. The monoisotopic (exact) mass is 452 g/mol. The Bertz CT molecular complexity index is 1050. The summed E-state index contributed by atoms with van der Waals surface area (Å²) in [4.78, 5) is 26.1. The van der Waals surface area contributed by atoms with E-state index in [1.807, 2.05) is 60.7 Å². The van der Waals surface area contributed by atoms with Gasteiger partial charge in [0.15, 0.2) is 26.3 Å². The summed E-state index contributed by atoms with van der Waals surface area (Å²) in [5.74, 6) is -1.38. The second kappa shape index (κ2) is 11.2. The van der Waals surface area contributed by atoms with Crippen LogP contribution in [0.3, 0.4) is 0 Å². The highest BCUT2D eigenvalue weighted by Crippen LogP contribution is 2.33. The van der Waals surface area contributed by atoms with Gasteiger partial charge >= 0.3 is 12.1 Å². The molecule has 3 aromatic rings. The van der Waals surface area contributed by atoms with E-state index in [-0.39, 0.29) is 24.5 Å². The molecule has 3 rings (SSSR count). The number of nitrogens with one attached hydrogen (secondary N) is 1. The van der Waals surface area contributed by atoms with Crippen LogP contribution in [0.4, 0.5) is 9.18 Å². The second-order valence-electron chi connectivity index (χ2n) is 6.76. The van der Waals surface area contributed by atoms with Crippen molar-refractivity contribution in [3.8, 4) is 5.75 Å². The summed E-state index contributed by atoms with van der Waals surface area (Å²) >= 11 is 0. The summed E-state index contributed by atoms with van der Waals surface area (Å²) in [6, 6.07) is 24.3. The van der Waals surface area contributed by atoms with E-state index in [2.05, 4.69) is 11.9 Å². The van der Waals surface area contributed by atoms with E-state index < -0.39 is 28.8 Å². The normalized spacial score (nSPS) is 10.5. The standard InChI is InChI=1S/C25H22FNO4S/c1-18(2)24(28)30-16-15-27-25(29)31-23-14-13-21(17-22(23)26)32(19-9-5-3-6-10-19)20-11-7-4-8-12-20/h3-14,17H,1,15-16H2,2H3/p+1.